The average Bonchev–Trinajstić information content (AvgIpc) is 2.41. The zero-order valence-electron chi connectivity index (χ0n) is 10.3. The van der Waals surface area contributed by atoms with Crippen molar-refractivity contribution in [3.8, 4) is 0 Å². The maximum atomic E-state index is 13.6. The molecule has 0 fully saturated rings. The molecule has 9 heteroatoms. The highest BCUT2D eigenvalue weighted by atomic mass is 35.5. The van der Waals surface area contributed by atoms with Crippen molar-refractivity contribution >= 4 is 34.7 Å². The van der Waals surface area contributed by atoms with Crippen LogP contribution in [0.1, 0.15) is 10.4 Å². The van der Waals surface area contributed by atoms with Crippen LogP contribution in [0.4, 0.5) is 21.6 Å². The van der Waals surface area contributed by atoms with E-state index in [1.54, 1.807) is 0 Å². The highest BCUT2D eigenvalue weighted by Gasteiger charge is 2.22. The van der Waals surface area contributed by atoms with E-state index in [9.17, 15) is 19.3 Å². The van der Waals surface area contributed by atoms with Crippen LogP contribution >= 0.6 is 11.6 Å². The number of carbonyl (C=O) groups excluding carboxylic acids is 1. The van der Waals surface area contributed by atoms with Crippen molar-refractivity contribution in [1.82, 2.24) is 4.98 Å². The summed E-state index contributed by atoms with van der Waals surface area (Å²) in [5.41, 5.74) is 4.40. The van der Waals surface area contributed by atoms with Gasteiger partial charge in [-0.2, -0.15) is 0 Å². The maximum absolute atomic E-state index is 13.6. The first-order chi connectivity index (χ1) is 9.88. The molecule has 0 radical (unpaired) electrons. The molecule has 0 saturated carbocycles. The van der Waals surface area contributed by atoms with Crippen LogP contribution in [-0.2, 0) is 0 Å². The number of benzene rings is 1. The van der Waals surface area contributed by atoms with Gasteiger partial charge in [-0.3, -0.25) is 14.9 Å². The van der Waals surface area contributed by atoms with Crippen molar-refractivity contribution in [2.75, 3.05) is 11.1 Å². The average molecular weight is 311 g/mol. The predicted octanol–water partition coefficient (Wildman–Crippen LogP) is 2.62. The minimum atomic E-state index is -0.878. The number of amides is 1. The Hall–Kier alpha value is -2.74. The monoisotopic (exact) mass is 310 g/mol. The number of nitrogens with one attached hydrogen (secondary N) is 1. The van der Waals surface area contributed by atoms with Gasteiger partial charge in [-0.05, 0) is 24.3 Å². The van der Waals surface area contributed by atoms with Crippen LogP contribution < -0.4 is 11.1 Å². The van der Waals surface area contributed by atoms with E-state index in [4.69, 9.17) is 17.3 Å². The van der Waals surface area contributed by atoms with Gasteiger partial charge in [0.15, 0.2) is 0 Å². The fourth-order valence-electron chi connectivity index (χ4n) is 1.57. The predicted molar refractivity (Wildman–Crippen MR) is 74.7 cm³/mol. The Balaban J connectivity index is 2.36. The second-order valence-electron chi connectivity index (χ2n) is 3.96. The Morgan fingerprint density at radius 3 is 2.76 bits per heavy atom. The summed E-state index contributed by atoms with van der Waals surface area (Å²) in [7, 11) is 0. The number of halogens is 2. The lowest BCUT2D eigenvalue weighted by atomic mass is 10.2. The molecule has 0 bridgehead atoms. The van der Waals surface area contributed by atoms with E-state index in [2.05, 4.69) is 10.3 Å². The van der Waals surface area contributed by atoms with Crippen molar-refractivity contribution < 1.29 is 14.1 Å². The quantitative estimate of drug-likeness (QED) is 0.668. The minimum Gasteiger partial charge on any atom is -0.384 e. The van der Waals surface area contributed by atoms with Gasteiger partial charge in [-0.15, -0.1) is 0 Å². The topological polar surface area (TPSA) is 111 Å². The molecule has 3 N–H and O–H groups in total. The third-order valence-electron chi connectivity index (χ3n) is 2.52. The van der Waals surface area contributed by atoms with E-state index in [1.165, 1.54) is 12.1 Å². The van der Waals surface area contributed by atoms with Crippen LogP contribution in [0.15, 0.2) is 30.5 Å². The number of aromatic nitrogens is 1. The maximum Gasteiger partial charge on any atom is 0.300 e. The molecule has 0 saturated heterocycles. The van der Waals surface area contributed by atoms with Crippen molar-refractivity contribution in [1.29, 1.82) is 0 Å². The lowest BCUT2D eigenvalue weighted by Gasteiger charge is -2.07. The van der Waals surface area contributed by atoms with Gasteiger partial charge in [0.25, 0.3) is 11.6 Å². The first-order valence-electron chi connectivity index (χ1n) is 5.55. The molecule has 108 valence electrons. The number of nitrogens with two attached hydrogens (primary N) is 1. The van der Waals surface area contributed by atoms with Gasteiger partial charge in [0.05, 0.1) is 10.6 Å². The molecule has 1 amide bonds. The number of hydrogen-bond donors (Lipinski definition) is 2. The Labute approximate surface area is 122 Å². The van der Waals surface area contributed by atoms with Gasteiger partial charge in [0.1, 0.15) is 23.4 Å². The van der Waals surface area contributed by atoms with Crippen LogP contribution in [0, 0.1) is 15.9 Å². The number of carbonyl (C=O) groups is 1. The molecule has 1 aromatic carbocycles. The normalized spacial score (nSPS) is 10.2. The summed E-state index contributed by atoms with van der Waals surface area (Å²) >= 11 is 5.59. The summed E-state index contributed by atoms with van der Waals surface area (Å²) in [4.78, 5) is 25.7. The fourth-order valence-corrected chi connectivity index (χ4v) is 1.73. The first-order valence-corrected chi connectivity index (χ1v) is 5.92. The second kappa shape index (κ2) is 5.71. The third-order valence-corrected chi connectivity index (χ3v) is 2.76. The minimum absolute atomic E-state index is 0.0673. The Morgan fingerprint density at radius 2 is 2.14 bits per heavy atom. The zero-order chi connectivity index (χ0) is 15.6. The molecule has 1 heterocycles. The van der Waals surface area contributed by atoms with Crippen molar-refractivity contribution in [3.63, 3.8) is 0 Å². The Morgan fingerprint density at radius 1 is 1.43 bits per heavy atom. The standard InChI is InChI=1S/C12H8ClFN4O3/c13-6-1-2-9(8(14)3-6)17-12(19)7-4-11(15)16-5-10(7)18(20)21/h1-5H,(H2,15,16)(H,17,19). The number of rotatable bonds is 3. The van der Waals surface area contributed by atoms with Gasteiger partial charge < -0.3 is 11.1 Å². The lowest BCUT2D eigenvalue weighted by molar-refractivity contribution is -0.385. The van der Waals surface area contributed by atoms with Crippen molar-refractivity contribution in [3.05, 3.63) is 57.0 Å². The summed E-state index contributed by atoms with van der Waals surface area (Å²) in [6, 6.07) is 4.66. The third kappa shape index (κ3) is 3.23. The molecule has 1 aromatic heterocycles. The van der Waals surface area contributed by atoms with E-state index in [-0.39, 0.29) is 22.1 Å². The lowest BCUT2D eigenvalue weighted by Crippen LogP contribution is -2.15. The summed E-state index contributed by atoms with van der Waals surface area (Å²) < 4.78 is 13.6. The van der Waals surface area contributed by atoms with Crippen LogP contribution in [0.5, 0.6) is 0 Å². The second-order valence-corrected chi connectivity index (χ2v) is 4.40. The fraction of sp³-hybridized carbons (Fsp3) is 0. The van der Waals surface area contributed by atoms with Gasteiger partial charge in [0.2, 0.25) is 0 Å². The Bertz CT molecular complexity index is 738. The molecular weight excluding hydrogens is 303 g/mol. The summed E-state index contributed by atoms with van der Waals surface area (Å²) in [6.45, 7) is 0. The van der Waals surface area contributed by atoms with Crippen molar-refractivity contribution in [2.24, 2.45) is 0 Å². The largest absolute Gasteiger partial charge is 0.384 e. The number of pyridine rings is 1. The first kappa shape index (κ1) is 14.7. The molecule has 21 heavy (non-hydrogen) atoms. The van der Waals surface area contributed by atoms with Crippen molar-refractivity contribution in [2.45, 2.75) is 0 Å². The zero-order valence-corrected chi connectivity index (χ0v) is 11.1. The van der Waals surface area contributed by atoms with Crippen LogP contribution in [-0.4, -0.2) is 15.8 Å². The summed E-state index contributed by atoms with van der Waals surface area (Å²) in [5.74, 6) is -1.71. The molecule has 0 aliphatic rings. The molecule has 2 aromatic rings. The van der Waals surface area contributed by atoms with E-state index in [0.717, 1.165) is 18.3 Å². The van der Waals surface area contributed by atoms with Gasteiger partial charge in [-0.1, -0.05) is 11.6 Å². The van der Waals surface area contributed by atoms with E-state index >= 15 is 0 Å². The number of nitrogen functional groups attached to an aromatic ring is 1. The molecule has 0 atom stereocenters. The van der Waals surface area contributed by atoms with E-state index in [0.29, 0.717) is 0 Å². The highest BCUT2D eigenvalue weighted by Crippen LogP contribution is 2.23. The summed E-state index contributed by atoms with van der Waals surface area (Å²) in [6.07, 6.45) is 0.864. The smallest absolute Gasteiger partial charge is 0.300 e. The van der Waals surface area contributed by atoms with Gasteiger partial charge in [0, 0.05) is 5.02 Å². The van der Waals surface area contributed by atoms with Crippen LogP contribution in [0.3, 0.4) is 0 Å². The molecule has 0 aliphatic carbocycles. The molecule has 7 nitrogen and oxygen atoms in total. The number of anilines is 2. The van der Waals surface area contributed by atoms with Crippen LogP contribution in [0.2, 0.25) is 5.02 Å². The van der Waals surface area contributed by atoms with Gasteiger partial charge >= 0.3 is 0 Å². The number of nitro groups is 1. The van der Waals surface area contributed by atoms with E-state index in [1.807, 2.05) is 0 Å². The molecule has 0 unspecified atom stereocenters. The summed E-state index contributed by atoms with van der Waals surface area (Å²) in [5, 5.41) is 13.2. The molecule has 2 rings (SSSR count). The van der Waals surface area contributed by atoms with Gasteiger partial charge in [-0.25, -0.2) is 9.37 Å². The van der Waals surface area contributed by atoms with Crippen LogP contribution in [0.25, 0.3) is 0 Å². The number of nitrogens with zero attached hydrogens (tertiary/aromatic N) is 2. The Kier molecular flexibility index (Phi) is 3.99. The highest BCUT2D eigenvalue weighted by molar-refractivity contribution is 6.30. The molecule has 0 aliphatic heterocycles. The molecule has 0 spiro atoms. The number of hydrogen-bond acceptors (Lipinski definition) is 5. The SMILES string of the molecule is Nc1cc(C(=O)Nc2ccc(Cl)cc2F)c([N+](=O)[O-])cn1. The van der Waals surface area contributed by atoms with E-state index < -0.39 is 22.3 Å². The molecular formula is C12H8ClFN4O3.